The molecule has 10 nitrogen and oxygen atoms in total. The summed E-state index contributed by atoms with van der Waals surface area (Å²) >= 11 is 7.44. The summed E-state index contributed by atoms with van der Waals surface area (Å²) in [4.78, 5) is 23.1. The van der Waals surface area contributed by atoms with Crippen molar-refractivity contribution in [1.82, 2.24) is 14.7 Å². The van der Waals surface area contributed by atoms with Crippen molar-refractivity contribution in [1.29, 1.82) is 0 Å². The molecule has 0 unspecified atom stereocenters. The average molecular weight is 552 g/mol. The van der Waals surface area contributed by atoms with Crippen molar-refractivity contribution in [2.75, 3.05) is 11.9 Å². The molecule has 2 aromatic heterocycles. The summed E-state index contributed by atoms with van der Waals surface area (Å²) in [5, 5.41) is 14.1. The second-order valence-corrected chi connectivity index (χ2v) is 11.7. The van der Waals surface area contributed by atoms with Crippen LogP contribution in [-0.2, 0) is 10.3 Å². The van der Waals surface area contributed by atoms with Crippen LogP contribution in [-0.4, -0.2) is 52.5 Å². The lowest BCUT2D eigenvalue weighted by atomic mass is 9.99. The number of carbonyl (C=O) groups excluding carboxylic acids is 1. The molecule has 0 saturated heterocycles. The SMILES string of the molecule is Cc1sc(C(=O)c2cncnc2N[C@@H]2C[C@H](CNS(=O)(=O)O)[C@@H](O)C2)cc1[C@H](N)c1cccc(Cl)c1. The third-order valence-corrected chi connectivity index (χ3v) is 8.04. The number of nitrogens with zero attached hydrogens (tertiary/aromatic N) is 2. The Bertz CT molecular complexity index is 1370. The summed E-state index contributed by atoms with van der Waals surface area (Å²) < 4.78 is 32.8. The van der Waals surface area contributed by atoms with Gasteiger partial charge in [-0.2, -0.15) is 13.1 Å². The zero-order chi connectivity index (χ0) is 26.0. The third kappa shape index (κ3) is 6.27. The molecular weight excluding hydrogens is 526 g/mol. The molecule has 36 heavy (non-hydrogen) atoms. The van der Waals surface area contributed by atoms with Gasteiger partial charge in [0.05, 0.1) is 22.6 Å². The number of ketones is 1. The van der Waals surface area contributed by atoms with Crippen LogP contribution >= 0.6 is 22.9 Å². The van der Waals surface area contributed by atoms with Gasteiger partial charge in [0, 0.05) is 34.6 Å². The highest BCUT2D eigenvalue weighted by Crippen LogP contribution is 2.33. The van der Waals surface area contributed by atoms with Crippen molar-refractivity contribution in [3.05, 3.63) is 74.3 Å². The smallest absolute Gasteiger partial charge is 0.333 e. The van der Waals surface area contributed by atoms with Crippen LogP contribution in [0.3, 0.4) is 0 Å². The highest BCUT2D eigenvalue weighted by molar-refractivity contribution is 7.83. The maximum atomic E-state index is 13.4. The molecule has 4 rings (SSSR count). The van der Waals surface area contributed by atoms with Crippen molar-refractivity contribution in [3.63, 3.8) is 0 Å². The molecule has 2 heterocycles. The van der Waals surface area contributed by atoms with E-state index in [4.69, 9.17) is 21.9 Å². The predicted octanol–water partition coefficient (Wildman–Crippen LogP) is 2.72. The molecule has 1 aliphatic rings. The number of nitrogens with one attached hydrogen (secondary N) is 2. The van der Waals surface area contributed by atoms with Crippen molar-refractivity contribution in [3.8, 4) is 0 Å². The fraction of sp³-hybridized carbons (Fsp3) is 0.348. The number of aromatic nitrogens is 2. The molecule has 4 atom stereocenters. The molecule has 0 bridgehead atoms. The monoisotopic (exact) mass is 551 g/mol. The number of hydrogen-bond acceptors (Lipinski definition) is 9. The molecule has 192 valence electrons. The van der Waals surface area contributed by atoms with E-state index in [0.717, 1.165) is 16.0 Å². The highest BCUT2D eigenvalue weighted by atomic mass is 35.5. The van der Waals surface area contributed by atoms with Crippen LogP contribution in [0.25, 0.3) is 0 Å². The minimum Gasteiger partial charge on any atom is -0.393 e. The van der Waals surface area contributed by atoms with Crippen LogP contribution in [0.2, 0.25) is 5.02 Å². The lowest BCUT2D eigenvalue weighted by Crippen LogP contribution is -2.32. The molecule has 6 N–H and O–H groups in total. The number of aliphatic hydroxyl groups excluding tert-OH is 1. The summed E-state index contributed by atoms with van der Waals surface area (Å²) in [7, 11) is -4.35. The van der Waals surface area contributed by atoms with E-state index >= 15 is 0 Å². The van der Waals surface area contributed by atoms with Crippen LogP contribution in [0.5, 0.6) is 0 Å². The van der Waals surface area contributed by atoms with E-state index in [-0.39, 0.29) is 23.9 Å². The maximum Gasteiger partial charge on any atom is 0.333 e. The van der Waals surface area contributed by atoms with Crippen molar-refractivity contribution < 1.29 is 22.9 Å². The van der Waals surface area contributed by atoms with Gasteiger partial charge in [0.2, 0.25) is 5.78 Å². The zero-order valence-electron chi connectivity index (χ0n) is 19.3. The molecule has 3 aromatic rings. The van der Waals surface area contributed by atoms with Gasteiger partial charge in [-0.1, -0.05) is 23.7 Å². The van der Waals surface area contributed by atoms with Crippen molar-refractivity contribution in [2.45, 2.75) is 38.0 Å². The Balaban J connectivity index is 1.51. The van der Waals surface area contributed by atoms with Gasteiger partial charge in [-0.05, 0) is 49.1 Å². The number of hydrogen-bond donors (Lipinski definition) is 5. The number of rotatable bonds is 9. The van der Waals surface area contributed by atoms with Gasteiger partial charge in [0.1, 0.15) is 12.1 Å². The Kier molecular flexibility index (Phi) is 8.05. The van der Waals surface area contributed by atoms with E-state index in [9.17, 15) is 18.3 Å². The van der Waals surface area contributed by atoms with Gasteiger partial charge in [-0.3, -0.25) is 9.35 Å². The number of carbonyl (C=O) groups is 1. The Morgan fingerprint density at radius 3 is 2.83 bits per heavy atom. The molecule has 1 saturated carbocycles. The number of thiophene rings is 1. The molecule has 0 spiro atoms. The molecule has 13 heteroatoms. The second kappa shape index (κ2) is 10.9. The van der Waals surface area contributed by atoms with Gasteiger partial charge in [-0.15, -0.1) is 11.3 Å². The first-order chi connectivity index (χ1) is 17.0. The zero-order valence-corrected chi connectivity index (χ0v) is 21.6. The summed E-state index contributed by atoms with van der Waals surface area (Å²) in [6, 6.07) is 8.36. The van der Waals surface area contributed by atoms with Crippen LogP contribution < -0.4 is 15.8 Å². The standard InChI is InChI=1S/C23H26ClN5O5S2/c1-12-17(21(25)13-3-2-4-15(24)5-13)8-20(35-12)22(31)18-10-26-11-27-23(18)29-16-6-14(19(30)7-16)9-28-36(32,33)34/h2-5,8,10-11,14,16,19,21,28,30H,6-7,9,25H2,1H3,(H,26,27,29)(H,32,33,34)/t14-,16-,19+,21-/m1/s1. The normalized spacial score (nSPS) is 20.9. The molecule has 0 radical (unpaired) electrons. The lowest BCUT2D eigenvalue weighted by Gasteiger charge is -2.15. The quantitative estimate of drug-likeness (QED) is 0.198. The number of nitrogens with two attached hydrogens (primary N) is 1. The molecule has 1 aliphatic carbocycles. The number of aliphatic hydroxyl groups is 1. The first kappa shape index (κ1) is 26.6. The fourth-order valence-electron chi connectivity index (χ4n) is 4.39. The minimum absolute atomic E-state index is 0.0993. The average Bonchev–Trinajstić information content (AvgIpc) is 3.38. The van der Waals surface area contributed by atoms with Gasteiger partial charge in [0.25, 0.3) is 0 Å². The summed E-state index contributed by atoms with van der Waals surface area (Å²) in [5.74, 6) is -0.345. The summed E-state index contributed by atoms with van der Waals surface area (Å²) in [6.45, 7) is 1.81. The molecule has 0 aliphatic heterocycles. The number of halogens is 1. The highest BCUT2D eigenvalue weighted by Gasteiger charge is 2.34. The predicted molar refractivity (Wildman–Crippen MR) is 138 cm³/mol. The van der Waals surface area contributed by atoms with Gasteiger partial charge >= 0.3 is 10.3 Å². The van der Waals surface area contributed by atoms with E-state index in [1.165, 1.54) is 23.9 Å². The number of aryl methyl sites for hydroxylation is 1. The van der Waals surface area contributed by atoms with E-state index < -0.39 is 28.4 Å². The van der Waals surface area contributed by atoms with Crippen LogP contribution in [0.1, 0.15) is 50.1 Å². The molecular formula is C23H26ClN5O5S2. The number of benzene rings is 1. The first-order valence-electron chi connectivity index (χ1n) is 11.1. The summed E-state index contributed by atoms with van der Waals surface area (Å²) in [5.41, 5.74) is 8.41. The van der Waals surface area contributed by atoms with Gasteiger partial charge < -0.3 is 16.2 Å². The van der Waals surface area contributed by atoms with Gasteiger partial charge in [0.15, 0.2) is 0 Å². The minimum atomic E-state index is -4.35. The Hall–Kier alpha value is -2.45. The largest absolute Gasteiger partial charge is 0.393 e. The molecule has 0 amide bonds. The van der Waals surface area contributed by atoms with E-state index in [1.807, 2.05) is 23.8 Å². The molecule has 1 aromatic carbocycles. The Morgan fingerprint density at radius 1 is 1.33 bits per heavy atom. The number of anilines is 1. The van der Waals surface area contributed by atoms with Crippen LogP contribution in [0.4, 0.5) is 5.82 Å². The Morgan fingerprint density at radius 2 is 2.11 bits per heavy atom. The Labute approximate surface area is 217 Å². The van der Waals surface area contributed by atoms with E-state index in [0.29, 0.717) is 28.6 Å². The van der Waals surface area contributed by atoms with Crippen LogP contribution in [0, 0.1) is 12.8 Å². The molecule has 1 fully saturated rings. The maximum absolute atomic E-state index is 13.4. The first-order valence-corrected chi connectivity index (χ1v) is 13.8. The summed E-state index contributed by atoms with van der Waals surface area (Å²) in [6.07, 6.45) is 2.71. The topological polar surface area (TPSA) is 168 Å². The van der Waals surface area contributed by atoms with Crippen molar-refractivity contribution in [2.24, 2.45) is 11.7 Å². The lowest BCUT2D eigenvalue weighted by molar-refractivity contribution is 0.104. The van der Waals surface area contributed by atoms with Crippen molar-refractivity contribution >= 4 is 44.8 Å². The fourth-order valence-corrected chi connectivity index (χ4v) is 6.03. The van der Waals surface area contributed by atoms with Crippen LogP contribution in [0.15, 0.2) is 42.9 Å². The van der Waals surface area contributed by atoms with E-state index in [1.54, 1.807) is 18.2 Å². The third-order valence-electron chi connectivity index (χ3n) is 6.21. The second-order valence-electron chi connectivity index (χ2n) is 8.73. The van der Waals surface area contributed by atoms with E-state index in [2.05, 4.69) is 15.3 Å². The van der Waals surface area contributed by atoms with Gasteiger partial charge in [-0.25, -0.2) is 9.97 Å².